The lowest BCUT2D eigenvalue weighted by Crippen LogP contribution is -2.42. The van der Waals surface area contributed by atoms with Gasteiger partial charge in [0.05, 0.1) is 5.92 Å². The third-order valence-corrected chi connectivity index (χ3v) is 7.50. The van der Waals surface area contributed by atoms with Crippen molar-refractivity contribution in [3.8, 4) is 11.1 Å². The Kier molecular flexibility index (Phi) is 5.79. The zero-order valence-electron chi connectivity index (χ0n) is 17.6. The molecular weight excluding hydrogens is 412 g/mol. The topological polar surface area (TPSA) is 86.7 Å². The molecule has 2 aromatic rings. The number of carbonyl (C=O) groups excluding carboxylic acids is 2. The molecule has 4 rings (SSSR count). The minimum atomic E-state index is -0.941. The van der Waals surface area contributed by atoms with Gasteiger partial charge < -0.3 is 10.4 Å². The highest BCUT2D eigenvalue weighted by Crippen LogP contribution is 2.43. The van der Waals surface area contributed by atoms with Crippen LogP contribution in [0.5, 0.6) is 0 Å². The number of hydrogen-bond donors (Lipinski definition) is 2. The van der Waals surface area contributed by atoms with Crippen molar-refractivity contribution in [2.45, 2.75) is 42.4 Å². The number of carboxylic acids is 1. The molecule has 3 atom stereocenters. The van der Waals surface area contributed by atoms with Gasteiger partial charge in [0.15, 0.2) is 0 Å². The van der Waals surface area contributed by atoms with E-state index in [2.05, 4.69) is 29.6 Å². The van der Waals surface area contributed by atoms with Crippen LogP contribution in [0.1, 0.15) is 26.7 Å². The number of benzene rings is 2. The van der Waals surface area contributed by atoms with Crippen LogP contribution in [0, 0.1) is 11.8 Å². The second-order valence-corrected chi connectivity index (χ2v) is 10.0. The molecule has 7 heteroatoms. The van der Waals surface area contributed by atoms with Crippen LogP contribution < -0.4 is 5.32 Å². The van der Waals surface area contributed by atoms with E-state index in [-0.39, 0.29) is 23.6 Å². The van der Waals surface area contributed by atoms with Gasteiger partial charge in [-0.25, -0.2) is 4.79 Å². The molecule has 1 aliphatic heterocycles. The molecule has 0 bridgehead atoms. The number of nitrogens with one attached hydrogen (secondary N) is 1. The second kappa shape index (κ2) is 8.38. The smallest absolute Gasteiger partial charge is 0.325 e. The van der Waals surface area contributed by atoms with Crippen molar-refractivity contribution in [2.75, 3.05) is 6.54 Å². The number of rotatable bonds is 6. The molecule has 1 saturated heterocycles. The highest BCUT2D eigenvalue weighted by atomic mass is 32.2. The van der Waals surface area contributed by atoms with E-state index in [9.17, 15) is 19.5 Å². The van der Waals surface area contributed by atoms with Gasteiger partial charge in [-0.3, -0.25) is 14.5 Å². The number of nitrogens with zero attached hydrogens (tertiary/aromatic N) is 1. The predicted octanol–water partition coefficient (Wildman–Crippen LogP) is 4.26. The Morgan fingerprint density at radius 2 is 1.71 bits per heavy atom. The third-order valence-electron chi connectivity index (χ3n) is 6.13. The van der Waals surface area contributed by atoms with Crippen molar-refractivity contribution in [2.24, 2.45) is 11.8 Å². The first-order chi connectivity index (χ1) is 14.8. The Labute approximate surface area is 186 Å². The summed E-state index contributed by atoms with van der Waals surface area (Å²) < 4.78 is 0. The molecule has 1 heterocycles. The fourth-order valence-corrected chi connectivity index (χ4v) is 5.87. The highest BCUT2D eigenvalue weighted by molar-refractivity contribution is 8.00. The average molecular weight is 439 g/mol. The first-order valence-corrected chi connectivity index (χ1v) is 11.3. The first kappa shape index (κ1) is 21.4. The van der Waals surface area contributed by atoms with Crippen LogP contribution in [0.15, 0.2) is 59.5 Å². The quantitative estimate of drug-likeness (QED) is 0.658. The van der Waals surface area contributed by atoms with Gasteiger partial charge in [0.25, 0.3) is 5.91 Å². The van der Waals surface area contributed by atoms with Gasteiger partial charge in [-0.15, -0.1) is 11.8 Å². The van der Waals surface area contributed by atoms with Crippen molar-refractivity contribution >= 4 is 29.7 Å². The lowest BCUT2D eigenvalue weighted by molar-refractivity contribution is -0.143. The second-order valence-electron chi connectivity index (χ2n) is 8.72. The Bertz CT molecular complexity index is 990. The number of carboxylic acid groups (broad SMARTS) is 1. The Balaban J connectivity index is 1.45. The molecule has 2 aliphatic rings. The summed E-state index contributed by atoms with van der Waals surface area (Å²) in [6.45, 7) is 3.47. The van der Waals surface area contributed by atoms with Gasteiger partial charge >= 0.3 is 12.0 Å². The van der Waals surface area contributed by atoms with Crippen LogP contribution in [0.2, 0.25) is 0 Å². The van der Waals surface area contributed by atoms with E-state index in [1.54, 1.807) is 25.6 Å². The lowest BCUT2D eigenvalue weighted by Gasteiger charge is -2.24. The van der Waals surface area contributed by atoms with Crippen molar-refractivity contribution in [3.05, 3.63) is 54.6 Å². The maximum Gasteiger partial charge on any atom is 0.325 e. The molecule has 0 spiro atoms. The molecule has 2 N–H and O–H groups in total. The number of urea groups is 1. The van der Waals surface area contributed by atoms with Crippen LogP contribution in [0.3, 0.4) is 0 Å². The number of amides is 3. The standard InChI is InChI=1S/C24H26N2O4S/c1-24(2)22(29)26(23(30)25-24)14-17-10-13-19(20(17)21(27)28)31-18-11-8-16(9-12-18)15-6-4-3-5-7-15/h3-9,11-12,17,19-20H,10,13-14H2,1-2H3,(H,25,30)(H,27,28). The summed E-state index contributed by atoms with van der Waals surface area (Å²) in [6.07, 6.45) is 1.41. The molecule has 31 heavy (non-hydrogen) atoms. The van der Waals surface area contributed by atoms with Crippen LogP contribution >= 0.6 is 11.8 Å². The third kappa shape index (κ3) is 4.32. The molecule has 1 saturated carbocycles. The molecule has 3 amide bonds. The molecule has 2 fully saturated rings. The zero-order valence-corrected chi connectivity index (χ0v) is 18.4. The first-order valence-electron chi connectivity index (χ1n) is 10.5. The fourth-order valence-electron chi connectivity index (χ4n) is 4.49. The van der Waals surface area contributed by atoms with Crippen LogP contribution in [-0.4, -0.2) is 45.2 Å². The van der Waals surface area contributed by atoms with Crippen LogP contribution in [0.25, 0.3) is 11.1 Å². The summed E-state index contributed by atoms with van der Waals surface area (Å²) >= 11 is 1.57. The van der Waals surface area contributed by atoms with Crippen molar-refractivity contribution in [1.29, 1.82) is 0 Å². The number of imide groups is 1. The summed E-state index contributed by atoms with van der Waals surface area (Å²) in [5, 5.41) is 12.5. The summed E-state index contributed by atoms with van der Waals surface area (Å²) in [5.41, 5.74) is 1.31. The SMILES string of the molecule is CC1(C)NC(=O)N(CC2CCC(Sc3ccc(-c4ccccc4)cc3)C2C(=O)O)C1=O. The monoisotopic (exact) mass is 438 g/mol. The largest absolute Gasteiger partial charge is 0.481 e. The van der Waals surface area contributed by atoms with Crippen molar-refractivity contribution in [3.63, 3.8) is 0 Å². The predicted molar refractivity (Wildman–Crippen MR) is 120 cm³/mol. The van der Waals surface area contributed by atoms with Gasteiger partial charge in [-0.1, -0.05) is 42.5 Å². The summed E-state index contributed by atoms with van der Waals surface area (Å²) in [6, 6.07) is 17.8. The Hall–Kier alpha value is -2.80. The Morgan fingerprint density at radius 3 is 2.29 bits per heavy atom. The molecule has 6 nitrogen and oxygen atoms in total. The number of aliphatic carboxylic acids is 1. The van der Waals surface area contributed by atoms with Crippen LogP contribution in [-0.2, 0) is 9.59 Å². The van der Waals surface area contributed by atoms with E-state index in [0.717, 1.165) is 22.4 Å². The van der Waals surface area contributed by atoms with Crippen LogP contribution in [0.4, 0.5) is 4.79 Å². The minimum absolute atomic E-state index is 0.0983. The van der Waals surface area contributed by atoms with E-state index in [4.69, 9.17) is 0 Å². The fraction of sp³-hybridized carbons (Fsp3) is 0.375. The van der Waals surface area contributed by atoms with Gasteiger partial charge in [0.2, 0.25) is 0 Å². The maximum atomic E-state index is 12.5. The summed E-state index contributed by atoms with van der Waals surface area (Å²) in [7, 11) is 0. The van der Waals surface area contributed by atoms with Gasteiger partial charge in [0.1, 0.15) is 5.54 Å². The lowest BCUT2D eigenvalue weighted by atomic mass is 9.95. The van der Waals surface area contributed by atoms with Gasteiger partial charge in [0, 0.05) is 16.7 Å². The summed E-state index contributed by atoms with van der Waals surface area (Å²) in [5.74, 6) is -2.02. The summed E-state index contributed by atoms with van der Waals surface area (Å²) in [4.78, 5) is 39.0. The van der Waals surface area contributed by atoms with Gasteiger partial charge in [-0.2, -0.15) is 0 Å². The van der Waals surface area contributed by atoms with Crippen molar-refractivity contribution < 1.29 is 19.5 Å². The molecule has 0 radical (unpaired) electrons. The molecule has 1 aliphatic carbocycles. The molecule has 2 aromatic carbocycles. The van der Waals surface area contributed by atoms with Crippen molar-refractivity contribution in [1.82, 2.24) is 10.2 Å². The normalized spacial score (nSPS) is 25.0. The molecule has 0 aromatic heterocycles. The molecule has 162 valence electrons. The number of carbonyl (C=O) groups is 3. The number of thioether (sulfide) groups is 1. The van der Waals surface area contributed by atoms with E-state index in [0.29, 0.717) is 6.42 Å². The molecule has 3 unspecified atom stereocenters. The maximum absolute atomic E-state index is 12.5. The minimum Gasteiger partial charge on any atom is -0.481 e. The van der Waals surface area contributed by atoms with Gasteiger partial charge in [-0.05, 0) is 55.9 Å². The Morgan fingerprint density at radius 1 is 1.06 bits per heavy atom. The molecular formula is C24H26N2O4S. The average Bonchev–Trinajstić information content (AvgIpc) is 3.22. The van der Waals surface area contributed by atoms with E-state index in [1.165, 1.54) is 4.90 Å². The number of hydrogen-bond acceptors (Lipinski definition) is 4. The highest BCUT2D eigenvalue weighted by Gasteiger charge is 2.48. The zero-order chi connectivity index (χ0) is 22.2. The van der Waals surface area contributed by atoms with E-state index < -0.39 is 23.5 Å². The van der Waals surface area contributed by atoms with E-state index >= 15 is 0 Å². The van der Waals surface area contributed by atoms with E-state index in [1.807, 2.05) is 30.3 Å².